The van der Waals surface area contributed by atoms with Crippen LogP contribution in [-0.4, -0.2) is 30.8 Å². The van der Waals surface area contributed by atoms with Crippen LogP contribution in [0.15, 0.2) is 48.5 Å². The molecule has 6 nitrogen and oxygen atoms in total. The second kappa shape index (κ2) is 9.82. The number of carbonyl (C=O) groups excluding carboxylic acids is 3. The highest BCUT2D eigenvalue weighted by molar-refractivity contribution is 5.94. The summed E-state index contributed by atoms with van der Waals surface area (Å²) in [6.07, 6.45) is 2.96. The summed E-state index contributed by atoms with van der Waals surface area (Å²) in [5, 5.41) is 8.13. The van der Waals surface area contributed by atoms with E-state index in [4.69, 9.17) is 0 Å². The van der Waals surface area contributed by atoms with Crippen molar-refractivity contribution >= 4 is 17.7 Å². The molecule has 0 aromatic heterocycles. The predicted octanol–water partition coefficient (Wildman–Crippen LogP) is 2.26. The molecular weight excluding hydrogens is 373 g/mol. The predicted molar refractivity (Wildman–Crippen MR) is 107 cm³/mol. The van der Waals surface area contributed by atoms with E-state index in [1.165, 1.54) is 29.8 Å². The molecular formula is C22H24FN3O3. The maximum atomic E-state index is 12.9. The monoisotopic (exact) mass is 397 g/mol. The molecule has 7 heteroatoms. The summed E-state index contributed by atoms with van der Waals surface area (Å²) in [6, 6.07) is 13.2. The molecule has 0 radical (unpaired) electrons. The minimum atomic E-state index is -0.420. The lowest BCUT2D eigenvalue weighted by Gasteiger charge is -2.26. The van der Waals surface area contributed by atoms with Crippen molar-refractivity contribution in [2.75, 3.05) is 13.1 Å². The molecule has 3 amide bonds. The Hall–Kier alpha value is -3.22. The molecule has 2 aromatic rings. The number of fused-ring (bicyclic) bond motifs is 1. The van der Waals surface area contributed by atoms with Gasteiger partial charge in [0.15, 0.2) is 0 Å². The fraction of sp³-hybridized carbons (Fsp3) is 0.318. The Kier molecular flexibility index (Phi) is 6.94. The van der Waals surface area contributed by atoms with Crippen LogP contribution in [0.5, 0.6) is 0 Å². The standard InChI is InChI=1S/C22H24FN3O3/c23-17-10-8-16(9-11-17)22(29)24-13-12-20(27)25-14-21(28)26-19-7-3-5-15-4-1-2-6-18(15)19/h1-2,4,6,8-11,19H,3,5,7,12-14H2,(H,24,29)(H,25,27)(H,26,28). The third-order valence-electron chi connectivity index (χ3n) is 4.89. The van der Waals surface area contributed by atoms with Crippen LogP contribution in [0, 0.1) is 5.82 Å². The summed E-state index contributed by atoms with van der Waals surface area (Å²) < 4.78 is 12.9. The van der Waals surface area contributed by atoms with Crippen molar-refractivity contribution in [3.05, 3.63) is 71.0 Å². The number of aryl methyl sites for hydroxylation is 1. The van der Waals surface area contributed by atoms with Gasteiger partial charge in [-0.05, 0) is 54.7 Å². The zero-order valence-corrected chi connectivity index (χ0v) is 16.0. The number of carbonyl (C=O) groups is 3. The number of halogens is 1. The molecule has 29 heavy (non-hydrogen) atoms. The second-order valence-electron chi connectivity index (χ2n) is 7.00. The molecule has 3 N–H and O–H groups in total. The lowest BCUT2D eigenvalue weighted by Crippen LogP contribution is -2.40. The normalized spacial score (nSPS) is 15.1. The molecule has 1 atom stereocenters. The van der Waals surface area contributed by atoms with E-state index in [1.807, 2.05) is 18.2 Å². The van der Waals surface area contributed by atoms with Crippen LogP contribution in [0.25, 0.3) is 0 Å². The van der Waals surface area contributed by atoms with Gasteiger partial charge in [0.25, 0.3) is 5.91 Å². The fourth-order valence-corrected chi connectivity index (χ4v) is 3.41. The van der Waals surface area contributed by atoms with Crippen LogP contribution in [0.4, 0.5) is 4.39 Å². The largest absolute Gasteiger partial charge is 0.352 e. The van der Waals surface area contributed by atoms with Gasteiger partial charge in [0.2, 0.25) is 11.8 Å². The summed E-state index contributed by atoms with van der Waals surface area (Å²) in [7, 11) is 0. The molecule has 0 saturated heterocycles. The van der Waals surface area contributed by atoms with Crippen molar-refractivity contribution in [2.24, 2.45) is 0 Å². The molecule has 0 heterocycles. The van der Waals surface area contributed by atoms with E-state index in [-0.39, 0.29) is 43.3 Å². The van der Waals surface area contributed by atoms with Crippen LogP contribution >= 0.6 is 0 Å². The molecule has 1 aliphatic rings. The summed E-state index contributed by atoms with van der Waals surface area (Å²) in [4.78, 5) is 36.0. The van der Waals surface area contributed by atoms with Gasteiger partial charge in [0.1, 0.15) is 5.82 Å². The molecule has 0 fully saturated rings. The Morgan fingerprint density at radius 2 is 1.72 bits per heavy atom. The second-order valence-corrected chi connectivity index (χ2v) is 7.00. The SMILES string of the molecule is O=C(CCNC(=O)c1ccc(F)cc1)NCC(=O)NC1CCCc2ccccc21. The number of rotatable bonds is 7. The van der Waals surface area contributed by atoms with Gasteiger partial charge in [0, 0.05) is 18.5 Å². The minimum Gasteiger partial charge on any atom is -0.352 e. The van der Waals surface area contributed by atoms with Crippen molar-refractivity contribution < 1.29 is 18.8 Å². The van der Waals surface area contributed by atoms with Gasteiger partial charge in [0.05, 0.1) is 12.6 Å². The Balaban J connectivity index is 1.37. The van der Waals surface area contributed by atoms with Crippen LogP contribution in [0.1, 0.15) is 46.8 Å². The summed E-state index contributed by atoms with van der Waals surface area (Å²) in [5.74, 6) is -1.37. The topological polar surface area (TPSA) is 87.3 Å². The quantitative estimate of drug-likeness (QED) is 0.670. The zero-order chi connectivity index (χ0) is 20.6. The van der Waals surface area contributed by atoms with Crippen molar-refractivity contribution in [3.63, 3.8) is 0 Å². The van der Waals surface area contributed by atoms with Crippen molar-refractivity contribution in [1.29, 1.82) is 0 Å². The first-order valence-electron chi connectivity index (χ1n) is 9.70. The number of hydrogen-bond acceptors (Lipinski definition) is 3. The Bertz CT molecular complexity index is 883. The maximum absolute atomic E-state index is 12.9. The highest BCUT2D eigenvalue weighted by atomic mass is 19.1. The first-order valence-corrected chi connectivity index (χ1v) is 9.70. The summed E-state index contributed by atoms with van der Waals surface area (Å²) >= 11 is 0. The van der Waals surface area contributed by atoms with E-state index < -0.39 is 5.82 Å². The lowest BCUT2D eigenvalue weighted by atomic mass is 9.88. The average Bonchev–Trinajstić information content (AvgIpc) is 2.73. The first-order chi connectivity index (χ1) is 14.0. The molecule has 1 aliphatic carbocycles. The van der Waals surface area contributed by atoms with Gasteiger partial charge in [-0.2, -0.15) is 0 Å². The number of nitrogens with one attached hydrogen (secondary N) is 3. The molecule has 0 spiro atoms. The van der Waals surface area contributed by atoms with Crippen molar-refractivity contribution in [2.45, 2.75) is 31.7 Å². The van der Waals surface area contributed by atoms with Gasteiger partial charge < -0.3 is 16.0 Å². The summed E-state index contributed by atoms with van der Waals surface area (Å²) in [6.45, 7) is 0.0169. The number of benzene rings is 2. The van der Waals surface area contributed by atoms with Crippen molar-refractivity contribution in [1.82, 2.24) is 16.0 Å². The van der Waals surface area contributed by atoms with Crippen LogP contribution in [0.3, 0.4) is 0 Å². The molecule has 152 valence electrons. The summed E-state index contributed by atoms with van der Waals surface area (Å²) in [5.41, 5.74) is 2.71. The van der Waals surface area contributed by atoms with E-state index >= 15 is 0 Å². The van der Waals surface area contributed by atoms with E-state index in [0.717, 1.165) is 24.8 Å². The molecule has 2 aromatic carbocycles. The molecule has 1 unspecified atom stereocenters. The van der Waals surface area contributed by atoms with Crippen LogP contribution in [0.2, 0.25) is 0 Å². The fourth-order valence-electron chi connectivity index (χ4n) is 3.41. The van der Waals surface area contributed by atoms with E-state index in [1.54, 1.807) is 0 Å². The Labute approximate surface area is 168 Å². The minimum absolute atomic E-state index is 0.0284. The molecule has 0 aliphatic heterocycles. The van der Waals surface area contributed by atoms with Crippen LogP contribution < -0.4 is 16.0 Å². The number of hydrogen-bond donors (Lipinski definition) is 3. The van der Waals surface area contributed by atoms with E-state index in [0.29, 0.717) is 5.56 Å². The van der Waals surface area contributed by atoms with Gasteiger partial charge >= 0.3 is 0 Å². The molecule has 0 bridgehead atoms. The Morgan fingerprint density at radius 3 is 2.52 bits per heavy atom. The smallest absolute Gasteiger partial charge is 0.251 e. The third-order valence-corrected chi connectivity index (χ3v) is 4.89. The lowest BCUT2D eigenvalue weighted by molar-refractivity contribution is -0.126. The van der Waals surface area contributed by atoms with Gasteiger partial charge in [-0.15, -0.1) is 0 Å². The van der Waals surface area contributed by atoms with Crippen LogP contribution in [-0.2, 0) is 16.0 Å². The van der Waals surface area contributed by atoms with Gasteiger partial charge in [-0.1, -0.05) is 24.3 Å². The van der Waals surface area contributed by atoms with E-state index in [9.17, 15) is 18.8 Å². The van der Waals surface area contributed by atoms with Crippen molar-refractivity contribution in [3.8, 4) is 0 Å². The number of amides is 3. The van der Waals surface area contributed by atoms with Gasteiger partial charge in [-0.3, -0.25) is 14.4 Å². The maximum Gasteiger partial charge on any atom is 0.251 e. The van der Waals surface area contributed by atoms with E-state index in [2.05, 4.69) is 22.0 Å². The average molecular weight is 397 g/mol. The molecule has 3 rings (SSSR count). The van der Waals surface area contributed by atoms with Gasteiger partial charge in [-0.25, -0.2) is 4.39 Å². The molecule has 0 saturated carbocycles. The third kappa shape index (κ3) is 5.88. The Morgan fingerprint density at radius 1 is 0.966 bits per heavy atom. The first kappa shape index (κ1) is 20.5. The highest BCUT2D eigenvalue weighted by Gasteiger charge is 2.21. The highest BCUT2D eigenvalue weighted by Crippen LogP contribution is 2.29. The zero-order valence-electron chi connectivity index (χ0n) is 16.0.